The van der Waals surface area contributed by atoms with E-state index in [0.29, 0.717) is 5.76 Å². The number of ether oxygens (including phenoxy) is 1. The predicted octanol–water partition coefficient (Wildman–Crippen LogP) is 0.789. The molecule has 0 fully saturated rings. The molecule has 8 nitrogen and oxygen atoms in total. The Hall–Kier alpha value is -2.65. The van der Waals surface area contributed by atoms with Gasteiger partial charge in [-0.1, -0.05) is 6.07 Å². The van der Waals surface area contributed by atoms with E-state index in [0.717, 1.165) is 6.07 Å². The average Bonchev–Trinajstić information content (AvgIpc) is 3.06. The van der Waals surface area contributed by atoms with Crippen LogP contribution in [0.5, 0.6) is 0 Å². The molecule has 0 saturated heterocycles. The number of hydrogen-bond acceptors (Lipinski definition) is 6. The first kappa shape index (κ1) is 17.7. The molecule has 0 aliphatic rings. The Morgan fingerprint density at radius 2 is 2.04 bits per heavy atom. The standard InChI is InChI=1S/C15H16N2O6S/c1-10(14(16)18)23-15(19)11-4-2-6-13(8-11)24(20,21)17-9-12-5-3-7-22-12/h2-8,10,17H,9H2,1H3,(H2,16,18)/t10-/m0/s1. The van der Waals surface area contributed by atoms with E-state index in [2.05, 4.69) is 4.72 Å². The zero-order valence-corrected chi connectivity index (χ0v) is 13.6. The number of nitrogens with two attached hydrogens (primary N) is 1. The number of furan rings is 1. The highest BCUT2D eigenvalue weighted by molar-refractivity contribution is 7.89. The fourth-order valence-electron chi connectivity index (χ4n) is 1.74. The lowest BCUT2D eigenvalue weighted by molar-refractivity contribution is -0.125. The first-order chi connectivity index (χ1) is 11.3. The average molecular weight is 352 g/mol. The van der Waals surface area contributed by atoms with Crippen LogP contribution in [-0.2, 0) is 26.1 Å². The Kier molecular flexibility index (Phi) is 5.37. The molecule has 24 heavy (non-hydrogen) atoms. The van der Waals surface area contributed by atoms with E-state index in [1.54, 1.807) is 12.1 Å². The SMILES string of the molecule is C[C@H](OC(=O)c1cccc(S(=O)(=O)NCc2ccco2)c1)C(N)=O. The van der Waals surface area contributed by atoms with Gasteiger partial charge in [0.1, 0.15) is 5.76 Å². The number of benzene rings is 1. The number of carbonyl (C=O) groups excluding carboxylic acids is 2. The highest BCUT2D eigenvalue weighted by atomic mass is 32.2. The van der Waals surface area contributed by atoms with Crippen molar-refractivity contribution in [3.63, 3.8) is 0 Å². The van der Waals surface area contributed by atoms with Gasteiger partial charge in [-0.3, -0.25) is 4.79 Å². The van der Waals surface area contributed by atoms with Crippen LogP contribution < -0.4 is 10.5 Å². The number of sulfonamides is 1. The van der Waals surface area contributed by atoms with Gasteiger partial charge in [0.25, 0.3) is 5.91 Å². The van der Waals surface area contributed by atoms with Crippen LogP contribution in [0, 0.1) is 0 Å². The Morgan fingerprint density at radius 3 is 2.67 bits per heavy atom. The number of hydrogen-bond donors (Lipinski definition) is 2. The molecule has 9 heteroatoms. The molecule has 1 aromatic heterocycles. The van der Waals surface area contributed by atoms with Gasteiger partial charge in [-0.25, -0.2) is 17.9 Å². The Morgan fingerprint density at radius 1 is 1.29 bits per heavy atom. The van der Waals surface area contributed by atoms with Gasteiger partial charge in [0.2, 0.25) is 10.0 Å². The second-order valence-corrected chi connectivity index (χ2v) is 6.65. The molecule has 0 saturated carbocycles. The molecule has 0 aliphatic carbocycles. The lowest BCUT2D eigenvalue weighted by Crippen LogP contribution is -2.30. The van der Waals surface area contributed by atoms with E-state index in [1.165, 1.54) is 31.4 Å². The topological polar surface area (TPSA) is 129 Å². The monoisotopic (exact) mass is 352 g/mol. The first-order valence-electron chi connectivity index (χ1n) is 6.92. The summed E-state index contributed by atoms with van der Waals surface area (Å²) in [6.07, 6.45) is 0.315. The van der Waals surface area contributed by atoms with E-state index in [4.69, 9.17) is 14.9 Å². The molecule has 1 amide bonds. The fraction of sp³-hybridized carbons (Fsp3) is 0.200. The van der Waals surface area contributed by atoms with E-state index < -0.39 is 28.0 Å². The molecule has 0 aliphatic heterocycles. The maximum Gasteiger partial charge on any atom is 0.338 e. The molecule has 1 heterocycles. The lowest BCUT2D eigenvalue weighted by atomic mass is 10.2. The fourth-order valence-corrected chi connectivity index (χ4v) is 2.78. The highest BCUT2D eigenvalue weighted by Gasteiger charge is 2.19. The Balaban J connectivity index is 2.13. The first-order valence-corrected chi connectivity index (χ1v) is 8.40. The summed E-state index contributed by atoms with van der Waals surface area (Å²) >= 11 is 0. The zero-order valence-electron chi connectivity index (χ0n) is 12.8. The van der Waals surface area contributed by atoms with Gasteiger partial charge in [-0.2, -0.15) is 0 Å². The number of primary amides is 1. The Labute approximate surface area is 138 Å². The lowest BCUT2D eigenvalue weighted by Gasteiger charge is -2.10. The number of nitrogens with one attached hydrogen (secondary N) is 1. The minimum atomic E-state index is -3.85. The van der Waals surface area contributed by atoms with Crippen molar-refractivity contribution in [2.75, 3.05) is 0 Å². The Bertz CT molecular complexity index is 829. The summed E-state index contributed by atoms with van der Waals surface area (Å²) < 4.78 is 36.8. The van der Waals surface area contributed by atoms with Crippen molar-refractivity contribution in [3.8, 4) is 0 Å². The highest BCUT2D eigenvalue weighted by Crippen LogP contribution is 2.14. The molecule has 2 aromatic rings. The normalized spacial score (nSPS) is 12.5. The van der Waals surface area contributed by atoms with Gasteiger partial charge in [-0.05, 0) is 37.3 Å². The number of rotatable bonds is 7. The molecule has 0 unspecified atom stereocenters. The second kappa shape index (κ2) is 7.28. The van der Waals surface area contributed by atoms with Crippen molar-refractivity contribution in [1.82, 2.24) is 4.72 Å². The van der Waals surface area contributed by atoms with Crippen molar-refractivity contribution in [2.45, 2.75) is 24.5 Å². The third-order valence-corrected chi connectivity index (χ3v) is 4.48. The van der Waals surface area contributed by atoms with E-state index in [-0.39, 0.29) is 17.0 Å². The van der Waals surface area contributed by atoms with Gasteiger partial charge < -0.3 is 14.9 Å². The van der Waals surface area contributed by atoms with Crippen molar-refractivity contribution in [1.29, 1.82) is 0 Å². The summed E-state index contributed by atoms with van der Waals surface area (Å²) in [5.41, 5.74) is 5.01. The quantitative estimate of drug-likeness (QED) is 0.709. The van der Waals surface area contributed by atoms with Crippen LogP contribution in [0.4, 0.5) is 0 Å². The van der Waals surface area contributed by atoms with Gasteiger partial charge in [0.05, 0.1) is 23.3 Å². The summed E-state index contributed by atoms with van der Waals surface area (Å²) in [5, 5.41) is 0. The molecule has 3 N–H and O–H groups in total. The summed E-state index contributed by atoms with van der Waals surface area (Å²) in [6.45, 7) is 1.30. The van der Waals surface area contributed by atoms with E-state index >= 15 is 0 Å². The van der Waals surface area contributed by atoms with Gasteiger partial charge in [0.15, 0.2) is 6.10 Å². The van der Waals surface area contributed by atoms with Crippen molar-refractivity contribution in [3.05, 3.63) is 54.0 Å². The van der Waals surface area contributed by atoms with Gasteiger partial charge in [0, 0.05) is 0 Å². The molecule has 128 valence electrons. The van der Waals surface area contributed by atoms with Crippen LogP contribution in [0.25, 0.3) is 0 Å². The van der Waals surface area contributed by atoms with E-state index in [1.807, 2.05) is 0 Å². The number of esters is 1. The van der Waals surface area contributed by atoms with Gasteiger partial charge in [-0.15, -0.1) is 0 Å². The molecule has 0 spiro atoms. The van der Waals surface area contributed by atoms with Gasteiger partial charge >= 0.3 is 5.97 Å². The maximum atomic E-state index is 12.3. The largest absolute Gasteiger partial charge is 0.468 e. The molecular weight excluding hydrogens is 336 g/mol. The molecule has 0 bridgehead atoms. The third kappa shape index (κ3) is 4.43. The van der Waals surface area contributed by atoms with E-state index in [9.17, 15) is 18.0 Å². The zero-order chi connectivity index (χ0) is 17.7. The molecule has 2 rings (SSSR count). The second-order valence-electron chi connectivity index (χ2n) is 4.88. The van der Waals surface area contributed by atoms with Crippen LogP contribution in [-0.4, -0.2) is 26.4 Å². The summed E-state index contributed by atoms with van der Waals surface area (Å²) in [6, 6.07) is 8.52. The summed E-state index contributed by atoms with van der Waals surface area (Å²) in [5.74, 6) is -1.19. The third-order valence-electron chi connectivity index (χ3n) is 3.08. The molecule has 1 atom stereocenters. The van der Waals surface area contributed by atoms with Crippen LogP contribution in [0.2, 0.25) is 0 Å². The minimum absolute atomic E-state index is 0.0102. The van der Waals surface area contributed by atoms with Crippen molar-refractivity contribution >= 4 is 21.9 Å². The van der Waals surface area contributed by atoms with Crippen LogP contribution in [0.1, 0.15) is 23.0 Å². The van der Waals surface area contributed by atoms with Crippen molar-refractivity contribution in [2.24, 2.45) is 5.73 Å². The minimum Gasteiger partial charge on any atom is -0.468 e. The number of carbonyl (C=O) groups is 2. The van der Waals surface area contributed by atoms with Crippen LogP contribution in [0.3, 0.4) is 0 Å². The number of amides is 1. The van der Waals surface area contributed by atoms with Crippen LogP contribution >= 0.6 is 0 Å². The van der Waals surface area contributed by atoms with Crippen molar-refractivity contribution < 1.29 is 27.2 Å². The molecular formula is C15H16N2O6S. The smallest absolute Gasteiger partial charge is 0.338 e. The molecule has 1 aromatic carbocycles. The maximum absolute atomic E-state index is 12.3. The molecule has 0 radical (unpaired) electrons. The summed E-state index contributed by atoms with van der Waals surface area (Å²) in [7, 11) is -3.85. The predicted molar refractivity (Wildman–Crippen MR) is 83.2 cm³/mol. The summed E-state index contributed by atoms with van der Waals surface area (Å²) in [4.78, 5) is 22.7. The van der Waals surface area contributed by atoms with Crippen LogP contribution in [0.15, 0.2) is 52.0 Å².